The Morgan fingerprint density at radius 3 is 2.62 bits per heavy atom. The monoisotopic (exact) mass is 287 g/mol. The van der Waals surface area contributed by atoms with Crippen LogP contribution in [-0.2, 0) is 18.4 Å². The van der Waals surface area contributed by atoms with Crippen molar-refractivity contribution in [2.45, 2.75) is 27.3 Å². The Morgan fingerprint density at radius 2 is 2.00 bits per heavy atom. The van der Waals surface area contributed by atoms with Crippen molar-refractivity contribution in [2.75, 3.05) is 6.61 Å². The van der Waals surface area contributed by atoms with Crippen molar-refractivity contribution in [3.05, 3.63) is 46.8 Å². The van der Waals surface area contributed by atoms with Crippen LogP contribution in [0.1, 0.15) is 22.5 Å². The van der Waals surface area contributed by atoms with Crippen molar-refractivity contribution in [3.63, 3.8) is 0 Å². The number of para-hydroxylation sites is 1. The molecular formula is C16H21N3O2. The fraction of sp³-hybridized carbons (Fsp3) is 0.375. The van der Waals surface area contributed by atoms with Crippen LogP contribution in [0.3, 0.4) is 0 Å². The number of nitrogens with one attached hydrogen (secondary N) is 1. The molecule has 0 radical (unpaired) electrons. The number of aryl methyl sites for hydroxylation is 3. The number of benzene rings is 1. The molecule has 0 aliphatic heterocycles. The van der Waals surface area contributed by atoms with Crippen LogP contribution in [0.4, 0.5) is 0 Å². The largest absolute Gasteiger partial charge is 0.484 e. The maximum atomic E-state index is 11.9. The standard InChI is InChI=1S/C16H21N3O2/c1-11-7-5-6-8-15(11)21-10-16(20)17-9-14-12(2)18-19(4)13(14)3/h5-8H,9-10H2,1-4H3,(H,17,20). The number of rotatable bonds is 5. The summed E-state index contributed by atoms with van der Waals surface area (Å²) in [5.74, 6) is 0.599. The molecule has 21 heavy (non-hydrogen) atoms. The molecule has 1 heterocycles. The molecule has 0 saturated heterocycles. The number of nitrogens with zero attached hydrogens (tertiary/aromatic N) is 2. The van der Waals surface area contributed by atoms with Crippen molar-refractivity contribution >= 4 is 5.91 Å². The summed E-state index contributed by atoms with van der Waals surface area (Å²) in [5, 5.41) is 7.19. The van der Waals surface area contributed by atoms with Crippen molar-refractivity contribution in [1.29, 1.82) is 0 Å². The van der Waals surface area contributed by atoms with Gasteiger partial charge in [0.1, 0.15) is 5.75 Å². The average molecular weight is 287 g/mol. The minimum atomic E-state index is -0.138. The van der Waals surface area contributed by atoms with Crippen molar-refractivity contribution in [3.8, 4) is 5.75 Å². The van der Waals surface area contributed by atoms with E-state index in [1.807, 2.05) is 56.8 Å². The van der Waals surface area contributed by atoms with E-state index in [1.54, 1.807) is 0 Å². The molecule has 1 aromatic carbocycles. The molecule has 0 saturated carbocycles. The van der Waals surface area contributed by atoms with Gasteiger partial charge in [-0.05, 0) is 32.4 Å². The zero-order chi connectivity index (χ0) is 15.4. The third-order valence-corrected chi connectivity index (χ3v) is 3.57. The Morgan fingerprint density at radius 1 is 1.29 bits per heavy atom. The molecule has 2 aromatic rings. The van der Waals surface area contributed by atoms with Crippen molar-refractivity contribution in [2.24, 2.45) is 7.05 Å². The van der Waals surface area contributed by atoms with Crippen LogP contribution in [0.5, 0.6) is 5.75 Å². The summed E-state index contributed by atoms with van der Waals surface area (Å²) in [6.45, 7) is 6.38. The smallest absolute Gasteiger partial charge is 0.258 e. The highest BCUT2D eigenvalue weighted by Gasteiger charge is 2.11. The summed E-state index contributed by atoms with van der Waals surface area (Å²) in [6, 6.07) is 7.65. The Balaban J connectivity index is 1.87. The number of ether oxygens (including phenoxy) is 1. The average Bonchev–Trinajstić information content (AvgIpc) is 2.69. The number of hydrogen-bond donors (Lipinski definition) is 1. The first-order valence-electron chi connectivity index (χ1n) is 6.93. The van der Waals surface area contributed by atoms with Crippen LogP contribution in [-0.4, -0.2) is 22.3 Å². The molecule has 5 nitrogen and oxygen atoms in total. The predicted molar refractivity (Wildman–Crippen MR) is 81.2 cm³/mol. The maximum absolute atomic E-state index is 11.9. The summed E-state index contributed by atoms with van der Waals surface area (Å²) < 4.78 is 7.34. The lowest BCUT2D eigenvalue weighted by molar-refractivity contribution is -0.123. The maximum Gasteiger partial charge on any atom is 0.258 e. The van der Waals surface area contributed by atoms with E-state index in [9.17, 15) is 4.79 Å². The number of aromatic nitrogens is 2. The third-order valence-electron chi connectivity index (χ3n) is 3.57. The van der Waals surface area contributed by atoms with Gasteiger partial charge in [0.25, 0.3) is 5.91 Å². The van der Waals surface area contributed by atoms with Gasteiger partial charge in [-0.3, -0.25) is 9.48 Å². The second-order valence-electron chi connectivity index (χ2n) is 5.10. The Hall–Kier alpha value is -2.30. The highest BCUT2D eigenvalue weighted by Crippen LogP contribution is 2.16. The molecule has 1 amide bonds. The van der Waals surface area contributed by atoms with Gasteiger partial charge in [-0.15, -0.1) is 0 Å². The zero-order valence-corrected chi connectivity index (χ0v) is 12.9. The molecule has 0 aliphatic rings. The molecule has 1 aromatic heterocycles. The quantitative estimate of drug-likeness (QED) is 0.915. The fourth-order valence-corrected chi connectivity index (χ4v) is 2.17. The first kappa shape index (κ1) is 15.1. The summed E-state index contributed by atoms with van der Waals surface area (Å²) in [4.78, 5) is 11.9. The first-order valence-corrected chi connectivity index (χ1v) is 6.93. The van der Waals surface area contributed by atoms with Gasteiger partial charge in [0.15, 0.2) is 6.61 Å². The highest BCUT2D eigenvalue weighted by atomic mass is 16.5. The molecule has 5 heteroatoms. The van der Waals surface area contributed by atoms with Gasteiger partial charge in [0.05, 0.1) is 5.69 Å². The first-order chi connectivity index (χ1) is 9.99. The molecule has 0 aliphatic carbocycles. The minimum absolute atomic E-state index is 0.0171. The van der Waals surface area contributed by atoms with Crippen LogP contribution in [0.15, 0.2) is 24.3 Å². The van der Waals surface area contributed by atoms with Crippen molar-refractivity contribution < 1.29 is 9.53 Å². The van der Waals surface area contributed by atoms with Crippen LogP contribution in [0.25, 0.3) is 0 Å². The lowest BCUT2D eigenvalue weighted by Gasteiger charge is -2.09. The Labute approximate surface area is 124 Å². The summed E-state index contributed by atoms with van der Waals surface area (Å²) in [7, 11) is 1.90. The SMILES string of the molecule is Cc1ccccc1OCC(=O)NCc1c(C)nn(C)c1C. The van der Waals surface area contributed by atoms with Crippen LogP contribution < -0.4 is 10.1 Å². The van der Waals surface area contributed by atoms with Gasteiger partial charge in [0.2, 0.25) is 0 Å². The summed E-state index contributed by atoms with van der Waals surface area (Å²) in [6.07, 6.45) is 0. The molecular weight excluding hydrogens is 266 g/mol. The molecule has 112 valence electrons. The number of carbonyl (C=O) groups is 1. The molecule has 0 bridgehead atoms. The second kappa shape index (κ2) is 6.43. The van der Waals surface area contributed by atoms with Gasteiger partial charge >= 0.3 is 0 Å². The summed E-state index contributed by atoms with van der Waals surface area (Å²) in [5.41, 5.74) is 4.08. The Bertz CT molecular complexity index is 647. The number of amides is 1. The molecule has 1 N–H and O–H groups in total. The predicted octanol–water partition coefficient (Wildman–Crippen LogP) is 2.04. The third kappa shape index (κ3) is 3.62. The topological polar surface area (TPSA) is 56.1 Å². The van der Waals surface area contributed by atoms with E-state index in [0.29, 0.717) is 6.54 Å². The lowest BCUT2D eigenvalue weighted by atomic mass is 10.2. The van der Waals surface area contributed by atoms with Gasteiger partial charge in [-0.2, -0.15) is 5.10 Å². The second-order valence-corrected chi connectivity index (χ2v) is 5.10. The molecule has 0 spiro atoms. The van der Waals surface area contributed by atoms with E-state index in [1.165, 1.54) is 0 Å². The fourth-order valence-electron chi connectivity index (χ4n) is 2.17. The lowest BCUT2D eigenvalue weighted by Crippen LogP contribution is -2.28. The van der Waals surface area contributed by atoms with Crippen LogP contribution >= 0.6 is 0 Å². The highest BCUT2D eigenvalue weighted by molar-refractivity contribution is 5.77. The van der Waals surface area contributed by atoms with Gasteiger partial charge < -0.3 is 10.1 Å². The number of carbonyl (C=O) groups excluding carboxylic acids is 1. The molecule has 0 atom stereocenters. The molecule has 0 fully saturated rings. The van der Waals surface area contributed by atoms with Crippen LogP contribution in [0.2, 0.25) is 0 Å². The number of hydrogen-bond acceptors (Lipinski definition) is 3. The Kier molecular flexibility index (Phi) is 4.62. The van der Waals surface area contributed by atoms with Gasteiger partial charge in [0, 0.05) is 24.8 Å². The van der Waals surface area contributed by atoms with Crippen molar-refractivity contribution in [1.82, 2.24) is 15.1 Å². The van der Waals surface area contributed by atoms with Gasteiger partial charge in [-0.1, -0.05) is 18.2 Å². The van der Waals surface area contributed by atoms with E-state index < -0.39 is 0 Å². The van der Waals surface area contributed by atoms with E-state index in [-0.39, 0.29) is 12.5 Å². The van der Waals surface area contributed by atoms with Gasteiger partial charge in [-0.25, -0.2) is 0 Å². The van der Waals surface area contributed by atoms with E-state index in [4.69, 9.17) is 4.74 Å². The molecule has 2 rings (SSSR count). The van der Waals surface area contributed by atoms with E-state index in [0.717, 1.165) is 28.3 Å². The van der Waals surface area contributed by atoms with Crippen LogP contribution in [0, 0.1) is 20.8 Å². The zero-order valence-electron chi connectivity index (χ0n) is 12.9. The van der Waals surface area contributed by atoms with E-state index in [2.05, 4.69) is 10.4 Å². The normalized spacial score (nSPS) is 10.5. The van der Waals surface area contributed by atoms with E-state index >= 15 is 0 Å². The summed E-state index contributed by atoms with van der Waals surface area (Å²) >= 11 is 0. The molecule has 0 unspecified atom stereocenters. The minimum Gasteiger partial charge on any atom is -0.484 e.